The second-order valence-corrected chi connectivity index (χ2v) is 4.70. The summed E-state index contributed by atoms with van der Waals surface area (Å²) < 4.78 is 23.5. The van der Waals surface area contributed by atoms with E-state index in [1.54, 1.807) is 0 Å². The molecule has 0 spiro atoms. The fourth-order valence-electron chi connectivity index (χ4n) is 2.42. The second kappa shape index (κ2) is 6.09. The van der Waals surface area contributed by atoms with Gasteiger partial charge in [0.15, 0.2) is 0 Å². The molecule has 7 heteroatoms. The Balaban J connectivity index is 2.37. The number of nitrogens with zero attached hydrogens (tertiary/aromatic N) is 1. The van der Waals surface area contributed by atoms with Crippen molar-refractivity contribution in [3.05, 3.63) is 29.6 Å². The molecule has 2 unspecified atom stereocenters. The molecule has 1 aliphatic heterocycles. The molecule has 1 aromatic rings. The molecule has 1 heterocycles. The van der Waals surface area contributed by atoms with Crippen molar-refractivity contribution in [3.8, 4) is 5.75 Å². The minimum Gasteiger partial charge on any atom is -0.496 e. The highest BCUT2D eigenvalue weighted by atomic mass is 19.1. The molecule has 0 saturated carbocycles. The molecule has 0 aliphatic carbocycles. The van der Waals surface area contributed by atoms with Crippen molar-refractivity contribution in [1.29, 1.82) is 0 Å². The summed E-state index contributed by atoms with van der Waals surface area (Å²) in [6.07, 6.45) is -0.786. The van der Waals surface area contributed by atoms with Crippen LogP contribution >= 0.6 is 0 Å². The van der Waals surface area contributed by atoms with E-state index in [9.17, 15) is 19.1 Å². The SMILES string of the molecule is COC(=O)C1CC(O)CN1C(=O)c1c(F)cccc1OC. The van der Waals surface area contributed by atoms with Crippen LogP contribution in [0.4, 0.5) is 4.39 Å². The van der Waals surface area contributed by atoms with E-state index in [0.29, 0.717) is 0 Å². The summed E-state index contributed by atoms with van der Waals surface area (Å²) in [6.45, 7) is -0.0594. The van der Waals surface area contributed by atoms with Gasteiger partial charge in [-0.3, -0.25) is 4.79 Å². The minimum absolute atomic E-state index is 0.0594. The number of aliphatic hydroxyl groups is 1. The average Bonchev–Trinajstić information content (AvgIpc) is 2.87. The smallest absolute Gasteiger partial charge is 0.328 e. The summed E-state index contributed by atoms with van der Waals surface area (Å²) >= 11 is 0. The van der Waals surface area contributed by atoms with Gasteiger partial charge in [-0.2, -0.15) is 0 Å². The number of carbonyl (C=O) groups is 2. The van der Waals surface area contributed by atoms with Gasteiger partial charge in [-0.15, -0.1) is 0 Å². The lowest BCUT2D eigenvalue weighted by atomic mass is 10.1. The van der Waals surface area contributed by atoms with E-state index in [-0.39, 0.29) is 24.3 Å². The van der Waals surface area contributed by atoms with Gasteiger partial charge in [-0.25, -0.2) is 9.18 Å². The molecule has 0 bridgehead atoms. The van der Waals surface area contributed by atoms with E-state index in [1.165, 1.54) is 26.4 Å². The third-order valence-electron chi connectivity index (χ3n) is 3.42. The highest BCUT2D eigenvalue weighted by Crippen LogP contribution is 2.27. The highest BCUT2D eigenvalue weighted by Gasteiger charge is 2.41. The molecule has 2 atom stereocenters. The normalized spacial score (nSPS) is 21.2. The Kier molecular flexibility index (Phi) is 4.42. The molecule has 1 aliphatic rings. The van der Waals surface area contributed by atoms with Gasteiger partial charge in [0, 0.05) is 13.0 Å². The Bertz CT molecular complexity index is 562. The Labute approximate surface area is 121 Å². The summed E-state index contributed by atoms with van der Waals surface area (Å²) in [6, 6.07) is 3.08. The Morgan fingerprint density at radius 3 is 2.71 bits per heavy atom. The van der Waals surface area contributed by atoms with Gasteiger partial charge in [0.05, 0.1) is 20.3 Å². The number of halogens is 1. The predicted molar refractivity (Wildman–Crippen MR) is 70.4 cm³/mol. The largest absolute Gasteiger partial charge is 0.496 e. The Morgan fingerprint density at radius 2 is 2.10 bits per heavy atom. The predicted octanol–water partition coefficient (Wildman–Crippen LogP) is 0.583. The van der Waals surface area contributed by atoms with Crippen LogP contribution in [0.15, 0.2) is 18.2 Å². The van der Waals surface area contributed by atoms with Gasteiger partial charge in [0.2, 0.25) is 0 Å². The average molecular weight is 297 g/mol. The topological polar surface area (TPSA) is 76.1 Å². The van der Waals surface area contributed by atoms with Crippen LogP contribution in [0.3, 0.4) is 0 Å². The van der Waals surface area contributed by atoms with Gasteiger partial charge in [0.1, 0.15) is 23.2 Å². The zero-order valence-electron chi connectivity index (χ0n) is 11.7. The first-order valence-corrected chi connectivity index (χ1v) is 6.39. The van der Waals surface area contributed by atoms with Crippen LogP contribution < -0.4 is 4.74 Å². The lowest BCUT2D eigenvalue weighted by Crippen LogP contribution is -2.41. The number of hydrogen-bond acceptors (Lipinski definition) is 5. The summed E-state index contributed by atoms with van der Waals surface area (Å²) in [5, 5.41) is 9.68. The molecule has 1 N–H and O–H groups in total. The standard InChI is InChI=1S/C14H16FNO5/c1-20-11-5-3-4-9(15)12(11)13(18)16-7-8(17)6-10(16)14(19)21-2/h3-5,8,10,17H,6-7H2,1-2H3. The number of methoxy groups -OCH3 is 2. The van der Waals surface area contributed by atoms with Gasteiger partial charge in [-0.1, -0.05) is 6.07 Å². The van der Waals surface area contributed by atoms with Gasteiger partial charge in [0.25, 0.3) is 5.91 Å². The molecule has 1 saturated heterocycles. The number of esters is 1. The Morgan fingerprint density at radius 1 is 1.38 bits per heavy atom. The van der Waals surface area contributed by atoms with Crippen LogP contribution in [0.2, 0.25) is 0 Å². The van der Waals surface area contributed by atoms with Crippen molar-refractivity contribution in [2.75, 3.05) is 20.8 Å². The van der Waals surface area contributed by atoms with Crippen LogP contribution in [0.1, 0.15) is 16.8 Å². The second-order valence-electron chi connectivity index (χ2n) is 4.70. The number of β-amino-alcohol motifs (C(OH)–C–C–N with tert-alkyl or cyclic N) is 1. The zero-order valence-corrected chi connectivity index (χ0v) is 11.7. The number of rotatable bonds is 3. The van der Waals surface area contributed by atoms with Crippen molar-refractivity contribution < 1.29 is 28.6 Å². The van der Waals surface area contributed by atoms with E-state index in [1.807, 2.05) is 0 Å². The van der Waals surface area contributed by atoms with Crippen molar-refractivity contribution in [2.45, 2.75) is 18.6 Å². The van der Waals surface area contributed by atoms with Crippen LogP contribution in [0.5, 0.6) is 5.75 Å². The maximum absolute atomic E-state index is 13.9. The Hall–Kier alpha value is -2.15. The van der Waals surface area contributed by atoms with E-state index in [4.69, 9.17) is 4.74 Å². The number of likely N-dealkylation sites (tertiary alicyclic amines) is 1. The maximum atomic E-state index is 13.9. The number of amides is 1. The van der Waals surface area contributed by atoms with Gasteiger partial charge >= 0.3 is 5.97 Å². The molecule has 1 fully saturated rings. The van der Waals surface area contributed by atoms with Crippen LogP contribution in [0.25, 0.3) is 0 Å². The fourth-order valence-corrected chi connectivity index (χ4v) is 2.42. The molecule has 21 heavy (non-hydrogen) atoms. The molecule has 6 nitrogen and oxygen atoms in total. The first-order valence-electron chi connectivity index (χ1n) is 6.39. The van der Waals surface area contributed by atoms with Gasteiger partial charge < -0.3 is 19.5 Å². The molecule has 2 rings (SSSR count). The summed E-state index contributed by atoms with van der Waals surface area (Å²) in [7, 11) is 2.52. The van der Waals surface area contributed by atoms with E-state index in [0.717, 1.165) is 11.0 Å². The van der Waals surface area contributed by atoms with Crippen LogP contribution in [0, 0.1) is 5.82 Å². The first kappa shape index (κ1) is 15.2. The maximum Gasteiger partial charge on any atom is 0.328 e. The lowest BCUT2D eigenvalue weighted by molar-refractivity contribution is -0.145. The van der Waals surface area contributed by atoms with Crippen molar-refractivity contribution in [2.24, 2.45) is 0 Å². The fraction of sp³-hybridized carbons (Fsp3) is 0.429. The van der Waals surface area contributed by atoms with E-state index >= 15 is 0 Å². The van der Waals surface area contributed by atoms with Crippen LogP contribution in [-0.4, -0.2) is 54.8 Å². The number of benzene rings is 1. The summed E-state index contributed by atoms with van der Waals surface area (Å²) in [5.74, 6) is -2.03. The van der Waals surface area contributed by atoms with Crippen molar-refractivity contribution >= 4 is 11.9 Å². The van der Waals surface area contributed by atoms with E-state index in [2.05, 4.69) is 4.74 Å². The zero-order chi connectivity index (χ0) is 15.6. The molecule has 0 aromatic heterocycles. The quantitative estimate of drug-likeness (QED) is 0.826. The van der Waals surface area contributed by atoms with E-state index < -0.39 is 29.8 Å². The molecular formula is C14H16FNO5. The third-order valence-corrected chi connectivity index (χ3v) is 3.42. The van der Waals surface area contributed by atoms with Crippen molar-refractivity contribution in [3.63, 3.8) is 0 Å². The van der Waals surface area contributed by atoms with Crippen molar-refractivity contribution in [1.82, 2.24) is 4.90 Å². The first-order chi connectivity index (χ1) is 9.99. The summed E-state index contributed by atoms with van der Waals surface area (Å²) in [4.78, 5) is 25.3. The minimum atomic E-state index is -0.929. The molecule has 1 amide bonds. The lowest BCUT2D eigenvalue weighted by Gasteiger charge is -2.23. The molecular weight excluding hydrogens is 281 g/mol. The molecule has 0 radical (unpaired) electrons. The molecule has 1 aromatic carbocycles. The molecule has 114 valence electrons. The number of carbonyl (C=O) groups excluding carboxylic acids is 2. The van der Waals surface area contributed by atoms with Crippen LogP contribution in [-0.2, 0) is 9.53 Å². The summed E-state index contributed by atoms with van der Waals surface area (Å²) in [5.41, 5.74) is -0.261. The number of aliphatic hydroxyl groups excluding tert-OH is 1. The highest BCUT2D eigenvalue weighted by molar-refractivity contribution is 5.99. The number of ether oxygens (including phenoxy) is 2. The van der Waals surface area contributed by atoms with Gasteiger partial charge in [-0.05, 0) is 12.1 Å². The monoisotopic (exact) mass is 297 g/mol. The number of hydrogen-bond donors (Lipinski definition) is 1. The third kappa shape index (κ3) is 2.82.